The number of aromatic nitrogens is 3. The molecule has 0 bridgehead atoms. The first kappa shape index (κ1) is 18.4. The normalized spacial score (nSPS) is 12.0. The molecule has 1 aromatic carbocycles. The summed E-state index contributed by atoms with van der Waals surface area (Å²) in [5.41, 5.74) is 1.97. The minimum atomic E-state index is -0.409. The fourth-order valence-electron chi connectivity index (χ4n) is 2.41. The summed E-state index contributed by atoms with van der Waals surface area (Å²) in [5.74, 6) is 0.719. The van der Waals surface area contributed by atoms with Gasteiger partial charge >= 0.3 is 0 Å². The molecule has 2 heterocycles. The zero-order chi connectivity index (χ0) is 18.5. The summed E-state index contributed by atoms with van der Waals surface area (Å²) >= 11 is 7.42. The summed E-state index contributed by atoms with van der Waals surface area (Å²) in [6.45, 7) is 2.30. The van der Waals surface area contributed by atoms with Gasteiger partial charge in [-0.15, -0.1) is 11.3 Å². The van der Waals surface area contributed by atoms with Gasteiger partial charge in [0.25, 0.3) is 0 Å². The number of carbonyl (C=O) groups is 1. The highest BCUT2D eigenvalue weighted by Crippen LogP contribution is 2.24. The Morgan fingerprint density at radius 1 is 1.38 bits per heavy atom. The van der Waals surface area contributed by atoms with Crippen LogP contribution in [0.4, 0.5) is 0 Å². The Bertz CT molecular complexity index is 875. The average Bonchev–Trinajstić information content (AvgIpc) is 3.30. The molecule has 0 saturated heterocycles. The minimum absolute atomic E-state index is 0.100. The van der Waals surface area contributed by atoms with Crippen LogP contribution in [0, 0.1) is 0 Å². The highest BCUT2D eigenvalue weighted by atomic mass is 35.5. The molecule has 6 nitrogen and oxygen atoms in total. The van der Waals surface area contributed by atoms with Gasteiger partial charge in [-0.1, -0.05) is 11.6 Å². The van der Waals surface area contributed by atoms with Gasteiger partial charge in [0.2, 0.25) is 5.91 Å². The lowest BCUT2D eigenvalue weighted by molar-refractivity contribution is -0.124. The molecular weight excluding hydrogens is 372 g/mol. The SMILES string of the molecule is COc1ccc(-c2csc(CCNC(=O)[C@@H](C)n3cc(Cl)cn3)n2)cc1. The van der Waals surface area contributed by atoms with E-state index in [2.05, 4.69) is 15.4 Å². The van der Waals surface area contributed by atoms with Crippen molar-refractivity contribution in [2.75, 3.05) is 13.7 Å². The second-order valence-electron chi connectivity index (χ2n) is 5.71. The van der Waals surface area contributed by atoms with Crippen LogP contribution < -0.4 is 10.1 Å². The molecule has 0 unspecified atom stereocenters. The van der Waals surface area contributed by atoms with Gasteiger partial charge in [0.15, 0.2) is 0 Å². The predicted octanol–water partition coefficient (Wildman–Crippen LogP) is 3.59. The first-order chi connectivity index (χ1) is 12.6. The van der Waals surface area contributed by atoms with E-state index in [1.165, 1.54) is 6.20 Å². The number of nitrogens with zero attached hydrogens (tertiary/aromatic N) is 3. The van der Waals surface area contributed by atoms with Gasteiger partial charge < -0.3 is 10.1 Å². The number of rotatable bonds is 7. The van der Waals surface area contributed by atoms with Gasteiger partial charge in [-0.3, -0.25) is 9.48 Å². The van der Waals surface area contributed by atoms with Crippen LogP contribution in [0.2, 0.25) is 5.02 Å². The average molecular weight is 391 g/mol. The van der Waals surface area contributed by atoms with Crippen molar-refractivity contribution in [1.82, 2.24) is 20.1 Å². The van der Waals surface area contributed by atoms with E-state index in [1.807, 2.05) is 29.6 Å². The highest BCUT2D eigenvalue weighted by Gasteiger charge is 2.15. The number of hydrogen-bond donors (Lipinski definition) is 1. The molecule has 0 spiro atoms. The molecule has 0 aliphatic rings. The van der Waals surface area contributed by atoms with Crippen molar-refractivity contribution in [1.29, 1.82) is 0 Å². The largest absolute Gasteiger partial charge is 0.497 e. The summed E-state index contributed by atoms with van der Waals surface area (Å²) in [6.07, 6.45) is 3.83. The third-order valence-electron chi connectivity index (χ3n) is 3.92. The van der Waals surface area contributed by atoms with Gasteiger partial charge in [-0.2, -0.15) is 5.10 Å². The van der Waals surface area contributed by atoms with Crippen molar-refractivity contribution in [2.24, 2.45) is 0 Å². The molecule has 1 N–H and O–H groups in total. The molecule has 3 aromatic rings. The molecule has 0 aliphatic carbocycles. The topological polar surface area (TPSA) is 69.0 Å². The second-order valence-corrected chi connectivity index (χ2v) is 7.09. The molecule has 0 radical (unpaired) electrons. The van der Waals surface area contributed by atoms with Crippen LogP contribution in [-0.4, -0.2) is 34.3 Å². The molecule has 0 saturated carbocycles. The van der Waals surface area contributed by atoms with E-state index in [4.69, 9.17) is 16.3 Å². The maximum atomic E-state index is 12.2. The Hall–Kier alpha value is -2.38. The molecule has 26 heavy (non-hydrogen) atoms. The van der Waals surface area contributed by atoms with E-state index < -0.39 is 6.04 Å². The monoisotopic (exact) mass is 390 g/mol. The van der Waals surface area contributed by atoms with E-state index in [-0.39, 0.29) is 5.91 Å². The molecular formula is C18H19ClN4O2S. The maximum Gasteiger partial charge on any atom is 0.244 e. The first-order valence-corrected chi connectivity index (χ1v) is 9.39. The summed E-state index contributed by atoms with van der Waals surface area (Å²) in [4.78, 5) is 16.8. The first-order valence-electron chi connectivity index (χ1n) is 8.13. The summed E-state index contributed by atoms with van der Waals surface area (Å²) in [6, 6.07) is 7.38. The number of carbonyl (C=O) groups excluding carboxylic acids is 1. The van der Waals surface area contributed by atoms with Crippen molar-refractivity contribution >= 4 is 28.8 Å². The van der Waals surface area contributed by atoms with Crippen LogP contribution in [0.15, 0.2) is 42.0 Å². The third kappa shape index (κ3) is 4.42. The Morgan fingerprint density at radius 2 is 2.15 bits per heavy atom. The molecule has 0 fully saturated rings. The molecule has 0 aliphatic heterocycles. The summed E-state index contributed by atoms with van der Waals surface area (Å²) < 4.78 is 6.71. The fourth-order valence-corrected chi connectivity index (χ4v) is 3.36. The lowest BCUT2D eigenvalue weighted by Crippen LogP contribution is -2.32. The zero-order valence-electron chi connectivity index (χ0n) is 14.5. The van der Waals surface area contributed by atoms with Crippen molar-refractivity contribution in [2.45, 2.75) is 19.4 Å². The van der Waals surface area contributed by atoms with Crippen LogP contribution in [0.5, 0.6) is 5.75 Å². The van der Waals surface area contributed by atoms with E-state index in [0.717, 1.165) is 22.0 Å². The highest BCUT2D eigenvalue weighted by molar-refractivity contribution is 7.09. The molecule has 8 heteroatoms. The fraction of sp³-hybridized carbons (Fsp3) is 0.278. The molecule has 1 atom stereocenters. The van der Waals surface area contributed by atoms with Crippen molar-refractivity contribution in [3.8, 4) is 17.0 Å². The summed E-state index contributed by atoms with van der Waals surface area (Å²) in [7, 11) is 1.64. The Balaban J connectivity index is 1.52. The van der Waals surface area contributed by atoms with Gasteiger partial charge in [0.05, 0.1) is 29.0 Å². The molecule has 1 amide bonds. The molecule has 3 rings (SSSR count). The van der Waals surface area contributed by atoms with E-state index in [1.54, 1.807) is 36.2 Å². The number of ether oxygens (including phenoxy) is 1. The number of halogens is 1. The molecule has 136 valence electrons. The van der Waals surface area contributed by atoms with Crippen molar-refractivity contribution in [3.63, 3.8) is 0 Å². The van der Waals surface area contributed by atoms with Gasteiger partial charge in [-0.05, 0) is 31.2 Å². The smallest absolute Gasteiger partial charge is 0.244 e. The number of benzene rings is 1. The van der Waals surface area contributed by atoms with Gasteiger partial charge in [-0.25, -0.2) is 4.98 Å². The van der Waals surface area contributed by atoms with Crippen molar-refractivity contribution in [3.05, 3.63) is 52.1 Å². The van der Waals surface area contributed by atoms with Crippen LogP contribution in [0.25, 0.3) is 11.3 Å². The van der Waals surface area contributed by atoms with E-state index in [9.17, 15) is 4.79 Å². The number of hydrogen-bond acceptors (Lipinski definition) is 5. The van der Waals surface area contributed by atoms with E-state index in [0.29, 0.717) is 18.0 Å². The van der Waals surface area contributed by atoms with Crippen LogP contribution >= 0.6 is 22.9 Å². The quantitative estimate of drug-likeness (QED) is 0.669. The zero-order valence-corrected chi connectivity index (χ0v) is 16.0. The molecule has 2 aromatic heterocycles. The minimum Gasteiger partial charge on any atom is -0.497 e. The standard InChI is InChI=1S/C18H19ClN4O2S/c1-12(23-10-14(19)9-21-23)18(24)20-8-7-17-22-16(11-26-17)13-3-5-15(25-2)6-4-13/h3-6,9-12H,7-8H2,1-2H3,(H,20,24)/t12-/m1/s1. The van der Waals surface area contributed by atoms with Crippen LogP contribution in [0.1, 0.15) is 18.0 Å². The van der Waals surface area contributed by atoms with Gasteiger partial charge in [0.1, 0.15) is 11.8 Å². The second kappa shape index (κ2) is 8.33. The lowest BCUT2D eigenvalue weighted by atomic mass is 10.2. The Kier molecular flexibility index (Phi) is 5.90. The predicted molar refractivity (Wildman–Crippen MR) is 103 cm³/mol. The number of amides is 1. The van der Waals surface area contributed by atoms with E-state index >= 15 is 0 Å². The third-order valence-corrected chi connectivity index (χ3v) is 5.03. The Morgan fingerprint density at radius 3 is 2.81 bits per heavy atom. The van der Waals surface area contributed by atoms with Crippen molar-refractivity contribution < 1.29 is 9.53 Å². The van der Waals surface area contributed by atoms with Crippen LogP contribution in [0.3, 0.4) is 0 Å². The van der Waals surface area contributed by atoms with Gasteiger partial charge in [0, 0.05) is 30.1 Å². The number of thiazole rings is 1. The Labute approximate surface area is 160 Å². The summed E-state index contributed by atoms with van der Waals surface area (Å²) in [5, 5.41) is 10.5. The number of nitrogens with one attached hydrogen (secondary N) is 1. The number of methoxy groups -OCH3 is 1. The van der Waals surface area contributed by atoms with Crippen LogP contribution in [-0.2, 0) is 11.2 Å². The maximum absolute atomic E-state index is 12.2. The lowest BCUT2D eigenvalue weighted by Gasteiger charge is -2.12.